The lowest BCUT2D eigenvalue weighted by Gasteiger charge is -2.15. The Morgan fingerprint density at radius 2 is 1.45 bits per heavy atom. The Kier molecular flexibility index (Phi) is 7.89. The summed E-state index contributed by atoms with van der Waals surface area (Å²) in [6.07, 6.45) is 1.67. The van der Waals surface area contributed by atoms with Crippen molar-refractivity contribution in [2.75, 3.05) is 5.32 Å². The zero-order valence-corrected chi connectivity index (χ0v) is 22.4. The molecule has 0 fully saturated rings. The van der Waals surface area contributed by atoms with Gasteiger partial charge in [-0.3, -0.25) is 4.79 Å². The second kappa shape index (κ2) is 12.0. The maximum absolute atomic E-state index is 13.3. The van der Waals surface area contributed by atoms with Gasteiger partial charge < -0.3 is 14.6 Å². The number of aromatic nitrogens is 1. The maximum Gasteiger partial charge on any atom is 0.266 e. The van der Waals surface area contributed by atoms with Crippen LogP contribution in [0.3, 0.4) is 0 Å². The number of amides is 1. The molecule has 0 aliphatic heterocycles. The van der Waals surface area contributed by atoms with Crippen molar-refractivity contribution in [3.8, 4) is 40.0 Å². The summed E-state index contributed by atoms with van der Waals surface area (Å²) in [6.45, 7) is 3.88. The average Bonchev–Trinajstić information content (AvgIpc) is 3.36. The third kappa shape index (κ3) is 5.87. The van der Waals surface area contributed by atoms with Crippen molar-refractivity contribution in [1.29, 1.82) is 5.26 Å². The number of nitrogens with zero attached hydrogens (tertiary/aromatic N) is 2. The Hall–Kier alpha value is -5.34. The Balaban J connectivity index is 1.64. The molecule has 0 bridgehead atoms. The Labute approximate surface area is 234 Å². The molecule has 0 saturated heterocycles. The SMILES string of the molecule is CC(C)Oc1cccc(NC(=O)/C(C#N)=C/c2cc(-c3ccccc3)n(-c3ccccc3)c2-c2ccccc2)c1. The summed E-state index contributed by atoms with van der Waals surface area (Å²) in [5.41, 5.74) is 6.12. The van der Waals surface area contributed by atoms with Crippen LogP contribution in [-0.4, -0.2) is 16.6 Å². The molecular formula is C35H29N3O2. The van der Waals surface area contributed by atoms with Crippen LogP contribution in [0.5, 0.6) is 5.75 Å². The van der Waals surface area contributed by atoms with Gasteiger partial charge in [-0.1, -0.05) is 84.9 Å². The molecule has 1 amide bonds. The first-order valence-electron chi connectivity index (χ1n) is 13.2. The predicted octanol–water partition coefficient (Wildman–Crippen LogP) is 8.14. The van der Waals surface area contributed by atoms with Crippen LogP contribution in [0.4, 0.5) is 5.69 Å². The number of hydrogen-bond donors (Lipinski definition) is 1. The fraction of sp³-hybridized carbons (Fsp3) is 0.0857. The third-order valence-corrected chi connectivity index (χ3v) is 6.29. The molecule has 1 heterocycles. The number of anilines is 1. The van der Waals surface area contributed by atoms with E-state index in [2.05, 4.69) is 40.2 Å². The van der Waals surface area contributed by atoms with Crippen molar-refractivity contribution in [3.05, 3.63) is 132 Å². The zero-order chi connectivity index (χ0) is 27.9. The van der Waals surface area contributed by atoms with Gasteiger partial charge in [-0.05, 0) is 61.4 Å². The molecule has 0 aliphatic carbocycles. The topological polar surface area (TPSA) is 67.0 Å². The molecule has 0 unspecified atom stereocenters. The lowest BCUT2D eigenvalue weighted by molar-refractivity contribution is -0.112. The largest absolute Gasteiger partial charge is 0.491 e. The van der Waals surface area contributed by atoms with Gasteiger partial charge in [-0.25, -0.2) is 0 Å². The Bertz CT molecular complexity index is 1680. The Morgan fingerprint density at radius 3 is 2.08 bits per heavy atom. The van der Waals surface area contributed by atoms with Gasteiger partial charge in [0.1, 0.15) is 17.4 Å². The number of hydrogen-bond acceptors (Lipinski definition) is 3. The molecule has 40 heavy (non-hydrogen) atoms. The van der Waals surface area contributed by atoms with Crippen LogP contribution in [0.25, 0.3) is 34.3 Å². The molecule has 0 spiro atoms. The van der Waals surface area contributed by atoms with Crippen molar-refractivity contribution in [1.82, 2.24) is 4.57 Å². The third-order valence-electron chi connectivity index (χ3n) is 6.29. The molecule has 0 radical (unpaired) electrons. The average molecular weight is 524 g/mol. The van der Waals surface area contributed by atoms with Gasteiger partial charge in [0.05, 0.1) is 17.5 Å². The van der Waals surface area contributed by atoms with Crippen LogP contribution in [0.15, 0.2) is 127 Å². The lowest BCUT2D eigenvalue weighted by Crippen LogP contribution is -2.14. The van der Waals surface area contributed by atoms with E-state index in [1.165, 1.54) is 0 Å². The fourth-order valence-electron chi connectivity index (χ4n) is 4.62. The summed E-state index contributed by atoms with van der Waals surface area (Å²) in [6, 6.07) is 41.5. The Morgan fingerprint density at radius 1 is 0.825 bits per heavy atom. The molecule has 5 rings (SSSR count). The first kappa shape index (κ1) is 26.3. The highest BCUT2D eigenvalue weighted by Gasteiger charge is 2.20. The number of benzene rings is 4. The fourth-order valence-corrected chi connectivity index (χ4v) is 4.62. The number of nitrogens with one attached hydrogen (secondary N) is 1. The first-order chi connectivity index (χ1) is 19.5. The first-order valence-corrected chi connectivity index (χ1v) is 13.2. The summed E-state index contributed by atoms with van der Waals surface area (Å²) in [5, 5.41) is 12.9. The lowest BCUT2D eigenvalue weighted by atomic mass is 10.0. The number of nitriles is 1. The molecule has 5 nitrogen and oxygen atoms in total. The van der Waals surface area contributed by atoms with E-state index in [1.807, 2.05) is 98.8 Å². The van der Waals surface area contributed by atoms with E-state index in [0.717, 1.165) is 33.8 Å². The van der Waals surface area contributed by atoms with Crippen molar-refractivity contribution in [2.24, 2.45) is 0 Å². The minimum absolute atomic E-state index is 0.00261. The molecule has 1 aromatic heterocycles. The number of para-hydroxylation sites is 1. The predicted molar refractivity (Wildman–Crippen MR) is 161 cm³/mol. The van der Waals surface area contributed by atoms with Crippen LogP contribution in [-0.2, 0) is 4.79 Å². The van der Waals surface area contributed by atoms with Gasteiger partial charge in [0, 0.05) is 23.0 Å². The summed E-state index contributed by atoms with van der Waals surface area (Å²) in [5.74, 6) is 0.158. The minimum Gasteiger partial charge on any atom is -0.491 e. The second-order valence-corrected chi connectivity index (χ2v) is 9.55. The van der Waals surface area contributed by atoms with Crippen molar-refractivity contribution < 1.29 is 9.53 Å². The molecule has 4 aromatic carbocycles. The zero-order valence-electron chi connectivity index (χ0n) is 22.4. The van der Waals surface area contributed by atoms with E-state index < -0.39 is 5.91 Å². The van der Waals surface area contributed by atoms with E-state index in [-0.39, 0.29) is 11.7 Å². The summed E-state index contributed by atoms with van der Waals surface area (Å²) < 4.78 is 7.93. The van der Waals surface area contributed by atoms with Crippen molar-refractivity contribution in [3.63, 3.8) is 0 Å². The van der Waals surface area contributed by atoms with Crippen LogP contribution in [0.2, 0.25) is 0 Å². The molecule has 196 valence electrons. The maximum atomic E-state index is 13.3. The van der Waals surface area contributed by atoms with Gasteiger partial charge in [-0.15, -0.1) is 0 Å². The summed E-state index contributed by atoms with van der Waals surface area (Å²) >= 11 is 0. The van der Waals surface area contributed by atoms with Crippen LogP contribution in [0.1, 0.15) is 19.4 Å². The standard InChI is InChI=1S/C35H29N3O2/c1-25(2)40-32-20-12-17-30(23-32)37-35(39)29(24-36)21-28-22-33(26-13-6-3-7-14-26)38(31-18-10-5-11-19-31)34(28)27-15-8-4-9-16-27/h3-23,25H,1-2H3,(H,37,39)/b29-21+. The number of carbonyl (C=O) groups is 1. The second-order valence-electron chi connectivity index (χ2n) is 9.55. The summed E-state index contributed by atoms with van der Waals surface area (Å²) in [7, 11) is 0. The smallest absolute Gasteiger partial charge is 0.266 e. The molecule has 0 saturated carbocycles. The number of ether oxygens (including phenoxy) is 1. The van der Waals surface area contributed by atoms with Crippen molar-refractivity contribution in [2.45, 2.75) is 20.0 Å². The van der Waals surface area contributed by atoms with E-state index >= 15 is 0 Å². The molecule has 1 N–H and O–H groups in total. The van der Waals surface area contributed by atoms with Crippen LogP contribution >= 0.6 is 0 Å². The number of carbonyl (C=O) groups excluding carboxylic acids is 1. The van der Waals surface area contributed by atoms with Crippen LogP contribution < -0.4 is 10.1 Å². The molecule has 5 aromatic rings. The molecule has 5 heteroatoms. The highest BCUT2D eigenvalue weighted by molar-refractivity contribution is 6.10. The van der Waals surface area contributed by atoms with Gasteiger partial charge in [0.25, 0.3) is 5.91 Å². The summed E-state index contributed by atoms with van der Waals surface area (Å²) in [4.78, 5) is 13.3. The van der Waals surface area contributed by atoms with E-state index in [4.69, 9.17) is 4.74 Å². The monoisotopic (exact) mass is 523 g/mol. The van der Waals surface area contributed by atoms with E-state index in [9.17, 15) is 10.1 Å². The van der Waals surface area contributed by atoms with E-state index in [0.29, 0.717) is 11.4 Å². The molecule has 0 aliphatic rings. The highest BCUT2D eigenvalue weighted by Crippen LogP contribution is 2.37. The van der Waals surface area contributed by atoms with Gasteiger partial charge in [0.2, 0.25) is 0 Å². The number of rotatable bonds is 8. The normalized spacial score (nSPS) is 11.2. The van der Waals surface area contributed by atoms with Crippen LogP contribution in [0, 0.1) is 11.3 Å². The quantitative estimate of drug-likeness (QED) is 0.165. The van der Waals surface area contributed by atoms with E-state index in [1.54, 1.807) is 18.2 Å². The molecular weight excluding hydrogens is 494 g/mol. The molecule has 0 atom stereocenters. The van der Waals surface area contributed by atoms with Gasteiger partial charge in [0.15, 0.2) is 0 Å². The van der Waals surface area contributed by atoms with Gasteiger partial charge >= 0.3 is 0 Å². The van der Waals surface area contributed by atoms with Crippen molar-refractivity contribution >= 4 is 17.7 Å². The van der Waals surface area contributed by atoms with Gasteiger partial charge in [-0.2, -0.15) is 5.26 Å². The minimum atomic E-state index is -0.489. The highest BCUT2D eigenvalue weighted by atomic mass is 16.5.